The number of hydrogen-bond donors (Lipinski definition) is 1. The lowest BCUT2D eigenvalue weighted by molar-refractivity contribution is -0.384. The first kappa shape index (κ1) is 16.1. The molecule has 0 aliphatic rings. The second-order valence-electron chi connectivity index (χ2n) is 5.19. The SMILES string of the molecule is O=C(O)c1cccc(-n2cccc2C=Nc2cccc([N+](=O)[O-])c2)c1. The molecule has 0 radical (unpaired) electrons. The zero-order valence-electron chi connectivity index (χ0n) is 12.9. The summed E-state index contributed by atoms with van der Waals surface area (Å²) in [5.74, 6) is -0.999. The van der Waals surface area contributed by atoms with Gasteiger partial charge in [0.2, 0.25) is 0 Å². The van der Waals surface area contributed by atoms with Gasteiger partial charge in [0.15, 0.2) is 0 Å². The first-order chi connectivity index (χ1) is 12.0. The van der Waals surface area contributed by atoms with Gasteiger partial charge < -0.3 is 9.67 Å². The molecule has 0 atom stereocenters. The molecule has 1 N–H and O–H groups in total. The summed E-state index contributed by atoms with van der Waals surface area (Å²) >= 11 is 0. The molecule has 124 valence electrons. The van der Waals surface area contributed by atoms with Crippen molar-refractivity contribution in [1.29, 1.82) is 0 Å². The summed E-state index contributed by atoms with van der Waals surface area (Å²) in [4.78, 5) is 25.7. The molecule has 0 spiro atoms. The van der Waals surface area contributed by atoms with Gasteiger partial charge in [-0.25, -0.2) is 4.79 Å². The fraction of sp³-hybridized carbons (Fsp3) is 0. The third-order valence-corrected chi connectivity index (χ3v) is 3.54. The van der Waals surface area contributed by atoms with Crippen LogP contribution < -0.4 is 0 Å². The topological polar surface area (TPSA) is 97.7 Å². The van der Waals surface area contributed by atoms with E-state index in [9.17, 15) is 14.9 Å². The Morgan fingerprint density at radius 1 is 1.12 bits per heavy atom. The molecule has 7 nitrogen and oxygen atoms in total. The van der Waals surface area contributed by atoms with Gasteiger partial charge in [-0.1, -0.05) is 12.1 Å². The Hall–Kier alpha value is -3.74. The number of benzene rings is 2. The van der Waals surface area contributed by atoms with Crippen LogP contribution in [0.3, 0.4) is 0 Å². The van der Waals surface area contributed by atoms with E-state index in [4.69, 9.17) is 5.11 Å². The maximum atomic E-state index is 11.1. The van der Waals surface area contributed by atoms with E-state index in [0.717, 1.165) is 0 Å². The quantitative estimate of drug-likeness (QED) is 0.435. The van der Waals surface area contributed by atoms with Gasteiger partial charge in [-0.2, -0.15) is 0 Å². The predicted octanol–water partition coefficient (Wildman–Crippen LogP) is 3.83. The number of nitrogens with zero attached hydrogens (tertiary/aromatic N) is 3. The number of carboxylic acid groups (broad SMARTS) is 1. The van der Waals surface area contributed by atoms with Crippen molar-refractivity contribution in [2.24, 2.45) is 4.99 Å². The van der Waals surface area contributed by atoms with Crippen LogP contribution in [0.25, 0.3) is 5.69 Å². The zero-order valence-corrected chi connectivity index (χ0v) is 12.9. The lowest BCUT2D eigenvalue weighted by Crippen LogP contribution is -2.01. The fourth-order valence-corrected chi connectivity index (χ4v) is 2.35. The van der Waals surface area contributed by atoms with Gasteiger partial charge in [-0.3, -0.25) is 15.1 Å². The Balaban J connectivity index is 1.92. The smallest absolute Gasteiger partial charge is 0.335 e. The molecule has 1 heterocycles. The number of hydrogen-bond acceptors (Lipinski definition) is 4. The third kappa shape index (κ3) is 3.61. The van der Waals surface area contributed by atoms with Crippen molar-refractivity contribution in [3.05, 3.63) is 88.2 Å². The molecule has 0 aliphatic carbocycles. The summed E-state index contributed by atoms with van der Waals surface area (Å²) in [6.07, 6.45) is 3.36. The second kappa shape index (κ2) is 6.79. The average Bonchev–Trinajstić information content (AvgIpc) is 3.09. The minimum atomic E-state index is -0.999. The number of rotatable bonds is 5. The van der Waals surface area contributed by atoms with Crippen LogP contribution in [-0.2, 0) is 0 Å². The van der Waals surface area contributed by atoms with Crippen LogP contribution in [-0.4, -0.2) is 26.8 Å². The first-order valence-corrected chi connectivity index (χ1v) is 7.34. The highest BCUT2D eigenvalue weighted by Crippen LogP contribution is 2.20. The standard InChI is InChI=1S/C18H13N3O4/c22-18(23)13-4-1-6-15(10-13)20-9-3-8-17(20)12-19-14-5-2-7-16(11-14)21(24)25/h1-12H,(H,22,23). The number of nitro groups is 1. The van der Waals surface area contributed by atoms with Crippen molar-refractivity contribution in [2.45, 2.75) is 0 Å². The largest absolute Gasteiger partial charge is 0.478 e. The summed E-state index contributed by atoms with van der Waals surface area (Å²) in [6.45, 7) is 0. The van der Waals surface area contributed by atoms with Crippen molar-refractivity contribution in [3.63, 3.8) is 0 Å². The van der Waals surface area contributed by atoms with Crippen LogP contribution in [0.4, 0.5) is 11.4 Å². The van der Waals surface area contributed by atoms with Crippen molar-refractivity contribution < 1.29 is 14.8 Å². The summed E-state index contributed by atoms with van der Waals surface area (Å²) < 4.78 is 1.79. The van der Waals surface area contributed by atoms with E-state index in [0.29, 0.717) is 17.1 Å². The number of aromatic nitrogens is 1. The molecule has 0 bridgehead atoms. The summed E-state index contributed by atoms with van der Waals surface area (Å²) in [6, 6.07) is 16.2. The minimum Gasteiger partial charge on any atom is -0.478 e. The van der Waals surface area contributed by atoms with Gasteiger partial charge in [0.1, 0.15) is 0 Å². The molecule has 3 rings (SSSR count). The third-order valence-electron chi connectivity index (χ3n) is 3.54. The van der Waals surface area contributed by atoms with E-state index in [1.165, 1.54) is 18.2 Å². The molecule has 0 aliphatic heterocycles. The van der Waals surface area contributed by atoms with E-state index in [1.807, 2.05) is 12.1 Å². The van der Waals surface area contributed by atoms with E-state index >= 15 is 0 Å². The van der Waals surface area contributed by atoms with Crippen molar-refractivity contribution in [1.82, 2.24) is 4.57 Å². The van der Waals surface area contributed by atoms with Gasteiger partial charge in [0.05, 0.1) is 28.1 Å². The van der Waals surface area contributed by atoms with Crippen LogP contribution in [0.15, 0.2) is 71.9 Å². The number of aliphatic imine (C=N–C) groups is 1. The van der Waals surface area contributed by atoms with Crippen LogP contribution in [0.2, 0.25) is 0 Å². The molecule has 7 heteroatoms. The maximum absolute atomic E-state index is 11.1. The highest BCUT2D eigenvalue weighted by atomic mass is 16.6. The average molecular weight is 335 g/mol. The van der Waals surface area contributed by atoms with Crippen LogP contribution in [0.5, 0.6) is 0 Å². The van der Waals surface area contributed by atoms with Crippen molar-refractivity contribution >= 4 is 23.6 Å². The van der Waals surface area contributed by atoms with Crippen LogP contribution >= 0.6 is 0 Å². The van der Waals surface area contributed by atoms with Crippen molar-refractivity contribution in [3.8, 4) is 5.69 Å². The number of carbonyl (C=O) groups is 1. The van der Waals surface area contributed by atoms with Gasteiger partial charge in [0, 0.05) is 24.0 Å². The van der Waals surface area contributed by atoms with E-state index in [1.54, 1.807) is 47.3 Å². The molecule has 25 heavy (non-hydrogen) atoms. The molecule has 0 fully saturated rings. The predicted molar refractivity (Wildman–Crippen MR) is 93.1 cm³/mol. The molecular formula is C18H13N3O4. The zero-order chi connectivity index (χ0) is 17.8. The van der Waals surface area contributed by atoms with Crippen LogP contribution in [0.1, 0.15) is 16.1 Å². The second-order valence-corrected chi connectivity index (χ2v) is 5.19. The Labute approximate surface area is 142 Å². The Morgan fingerprint density at radius 2 is 1.92 bits per heavy atom. The maximum Gasteiger partial charge on any atom is 0.335 e. The Bertz CT molecular complexity index is 976. The van der Waals surface area contributed by atoms with Crippen molar-refractivity contribution in [2.75, 3.05) is 0 Å². The summed E-state index contributed by atoms with van der Waals surface area (Å²) in [7, 11) is 0. The lowest BCUT2D eigenvalue weighted by Gasteiger charge is -2.07. The van der Waals surface area contributed by atoms with Gasteiger partial charge >= 0.3 is 5.97 Å². The molecule has 0 saturated heterocycles. The molecule has 0 saturated carbocycles. The fourth-order valence-electron chi connectivity index (χ4n) is 2.35. The van der Waals surface area contributed by atoms with E-state index in [-0.39, 0.29) is 11.3 Å². The molecule has 3 aromatic rings. The molecule has 1 aromatic heterocycles. The van der Waals surface area contributed by atoms with Gasteiger partial charge in [-0.15, -0.1) is 0 Å². The molecule has 0 amide bonds. The number of carboxylic acids is 1. The highest BCUT2D eigenvalue weighted by molar-refractivity contribution is 5.88. The monoisotopic (exact) mass is 335 g/mol. The number of aromatic carboxylic acids is 1. The van der Waals surface area contributed by atoms with Gasteiger partial charge in [0.25, 0.3) is 5.69 Å². The number of nitro benzene ring substituents is 1. The summed E-state index contributed by atoms with van der Waals surface area (Å²) in [5, 5.41) is 19.9. The number of non-ortho nitro benzene ring substituents is 1. The van der Waals surface area contributed by atoms with Gasteiger partial charge in [-0.05, 0) is 36.4 Å². The normalized spacial score (nSPS) is 10.9. The van der Waals surface area contributed by atoms with Crippen LogP contribution in [0, 0.1) is 10.1 Å². The molecule has 0 unspecified atom stereocenters. The Kier molecular flexibility index (Phi) is 4.38. The minimum absolute atomic E-state index is 0.0285. The summed E-state index contributed by atoms with van der Waals surface area (Å²) in [5.41, 5.74) is 2.02. The Morgan fingerprint density at radius 3 is 2.68 bits per heavy atom. The van der Waals surface area contributed by atoms with E-state index in [2.05, 4.69) is 4.99 Å². The molecule has 2 aromatic carbocycles. The van der Waals surface area contributed by atoms with E-state index < -0.39 is 10.9 Å². The lowest BCUT2D eigenvalue weighted by atomic mass is 10.2. The first-order valence-electron chi connectivity index (χ1n) is 7.34. The highest BCUT2D eigenvalue weighted by Gasteiger charge is 2.07. The molecular weight excluding hydrogens is 322 g/mol.